The van der Waals surface area contributed by atoms with Crippen LogP contribution >= 0.6 is 0 Å². The Labute approximate surface area is 142 Å². The summed E-state index contributed by atoms with van der Waals surface area (Å²) in [5.74, 6) is -1.05. The summed E-state index contributed by atoms with van der Waals surface area (Å²) in [6.07, 6.45) is 0. The second kappa shape index (κ2) is 6.88. The standard InChI is InChI=1S/C18H14N2O5/c19-18(23)20-13-7-5-11(6-8-13)14(21)10-24-17(22)16-9-12-3-1-2-4-15(12)25-16/h1-9H,10H2,(H3,19,20,23). The number of carbonyl (C=O) groups excluding carboxylic acids is 3. The van der Waals surface area contributed by atoms with E-state index in [-0.39, 0.29) is 11.5 Å². The number of ketones is 1. The van der Waals surface area contributed by atoms with Gasteiger partial charge in [0.05, 0.1) is 0 Å². The molecule has 0 spiro atoms. The number of carbonyl (C=O) groups is 3. The van der Waals surface area contributed by atoms with Gasteiger partial charge in [0.15, 0.2) is 12.4 Å². The first kappa shape index (κ1) is 16.3. The molecule has 2 amide bonds. The van der Waals surface area contributed by atoms with Gasteiger partial charge in [-0.1, -0.05) is 18.2 Å². The summed E-state index contributed by atoms with van der Waals surface area (Å²) in [5.41, 5.74) is 6.37. The summed E-state index contributed by atoms with van der Waals surface area (Å²) in [7, 11) is 0. The van der Waals surface area contributed by atoms with E-state index in [9.17, 15) is 14.4 Å². The number of anilines is 1. The number of nitrogens with one attached hydrogen (secondary N) is 1. The summed E-state index contributed by atoms with van der Waals surface area (Å²) in [6.45, 7) is -0.418. The molecule has 0 saturated heterocycles. The molecule has 0 fully saturated rings. The molecular weight excluding hydrogens is 324 g/mol. The van der Waals surface area contributed by atoms with Crippen molar-refractivity contribution >= 4 is 34.4 Å². The van der Waals surface area contributed by atoms with E-state index in [2.05, 4.69) is 5.32 Å². The maximum absolute atomic E-state index is 12.1. The molecule has 0 aliphatic heterocycles. The lowest BCUT2D eigenvalue weighted by Gasteiger charge is -2.04. The van der Waals surface area contributed by atoms with Gasteiger partial charge < -0.3 is 20.2 Å². The fourth-order valence-corrected chi connectivity index (χ4v) is 2.25. The number of para-hydroxylation sites is 1. The smallest absolute Gasteiger partial charge is 0.374 e. The van der Waals surface area contributed by atoms with Crippen molar-refractivity contribution in [2.75, 3.05) is 11.9 Å². The van der Waals surface area contributed by atoms with Crippen LogP contribution in [0.3, 0.4) is 0 Å². The minimum atomic E-state index is -0.712. The molecule has 3 N–H and O–H groups in total. The molecule has 0 atom stereocenters. The maximum Gasteiger partial charge on any atom is 0.374 e. The van der Waals surface area contributed by atoms with Gasteiger partial charge in [0.2, 0.25) is 5.76 Å². The van der Waals surface area contributed by atoms with E-state index in [0.29, 0.717) is 16.8 Å². The second-order valence-electron chi connectivity index (χ2n) is 5.21. The predicted molar refractivity (Wildman–Crippen MR) is 90.5 cm³/mol. The summed E-state index contributed by atoms with van der Waals surface area (Å²) in [6, 6.07) is 14.1. The van der Waals surface area contributed by atoms with Crippen LogP contribution in [0.2, 0.25) is 0 Å². The van der Waals surface area contributed by atoms with Crippen LogP contribution in [0.25, 0.3) is 11.0 Å². The molecule has 1 aromatic heterocycles. The van der Waals surface area contributed by atoms with Gasteiger partial charge in [-0.25, -0.2) is 9.59 Å². The zero-order valence-electron chi connectivity index (χ0n) is 13.0. The fourth-order valence-electron chi connectivity index (χ4n) is 2.25. The van der Waals surface area contributed by atoms with E-state index in [0.717, 1.165) is 5.39 Å². The Bertz CT molecular complexity index is 911. The highest BCUT2D eigenvalue weighted by Gasteiger charge is 2.16. The molecular formula is C18H14N2O5. The number of fused-ring (bicyclic) bond motifs is 1. The zero-order valence-corrected chi connectivity index (χ0v) is 13.0. The quantitative estimate of drug-likeness (QED) is 0.549. The maximum atomic E-state index is 12.1. The number of Topliss-reactive ketones (excluding diaryl/α,β-unsaturated/α-hetero) is 1. The third kappa shape index (κ3) is 3.84. The number of hydrogen-bond acceptors (Lipinski definition) is 5. The summed E-state index contributed by atoms with van der Waals surface area (Å²) in [5, 5.41) is 3.16. The largest absolute Gasteiger partial charge is 0.451 e. The SMILES string of the molecule is NC(=O)Nc1ccc(C(=O)COC(=O)c2cc3ccccc3o2)cc1. The fraction of sp³-hybridized carbons (Fsp3) is 0.0556. The Morgan fingerprint density at radius 1 is 1.04 bits per heavy atom. The van der Waals surface area contributed by atoms with Crippen LogP contribution in [0.4, 0.5) is 10.5 Å². The van der Waals surface area contributed by atoms with E-state index in [4.69, 9.17) is 14.9 Å². The third-order valence-electron chi connectivity index (χ3n) is 3.44. The monoisotopic (exact) mass is 338 g/mol. The Hall–Kier alpha value is -3.61. The summed E-state index contributed by atoms with van der Waals surface area (Å²) >= 11 is 0. The van der Waals surface area contributed by atoms with Crippen molar-refractivity contribution in [3.05, 3.63) is 65.9 Å². The van der Waals surface area contributed by atoms with Crippen molar-refractivity contribution in [3.8, 4) is 0 Å². The Kier molecular flexibility index (Phi) is 4.47. The molecule has 25 heavy (non-hydrogen) atoms. The van der Waals surface area contributed by atoms with E-state index in [1.54, 1.807) is 18.2 Å². The van der Waals surface area contributed by atoms with Crippen molar-refractivity contribution in [2.45, 2.75) is 0 Å². The Balaban J connectivity index is 1.61. The van der Waals surface area contributed by atoms with Gasteiger partial charge in [0.25, 0.3) is 0 Å². The van der Waals surface area contributed by atoms with Crippen LogP contribution in [-0.2, 0) is 4.74 Å². The number of esters is 1. The average Bonchev–Trinajstić information content (AvgIpc) is 3.03. The number of benzene rings is 2. The Morgan fingerprint density at radius 3 is 2.44 bits per heavy atom. The number of urea groups is 1. The van der Waals surface area contributed by atoms with Gasteiger partial charge in [-0.3, -0.25) is 4.79 Å². The van der Waals surface area contributed by atoms with E-state index in [1.165, 1.54) is 24.3 Å². The van der Waals surface area contributed by atoms with Crippen LogP contribution in [0.15, 0.2) is 59.0 Å². The highest BCUT2D eigenvalue weighted by molar-refractivity contribution is 6.00. The first-order valence-corrected chi connectivity index (χ1v) is 7.38. The molecule has 0 saturated carbocycles. The van der Waals surface area contributed by atoms with Crippen LogP contribution in [-0.4, -0.2) is 24.4 Å². The number of rotatable bonds is 5. The molecule has 7 nitrogen and oxygen atoms in total. The van der Waals surface area contributed by atoms with E-state index >= 15 is 0 Å². The van der Waals surface area contributed by atoms with E-state index < -0.39 is 18.6 Å². The molecule has 3 rings (SSSR count). The van der Waals surface area contributed by atoms with Crippen molar-refractivity contribution in [1.82, 2.24) is 0 Å². The van der Waals surface area contributed by atoms with Crippen molar-refractivity contribution in [2.24, 2.45) is 5.73 Å². The van der Waals surface area contributed by atoms with Gasteiger partial charge in [-0.2, -0.15) is 0 Å². The molecule has 0 aliphatic carbocycles. The topological polar surface area (TPSA) is 112 Å². The van der Waals surface area contributed by atoms with Crippen LogP contribution in [0, 0.1) is 0 Å². The number of furan rings is 1. The molecule has 3 aromatic rings. The lowest BCUT2D eigenvalue weighted by Crippen LogP contribution is -2.19. The summed E-state index contributed by atoms with van der Waals surface area (Å²) in [4.78, 5) is 34.8. The number of primary amides is 1. The highest BCUT2D eigenvalue weighted by Crippen LogP contribution is 2.19. The van der Waals surface area contributed by atoms with Crippen LogP contribution in [0.1, 0.15) is 20.9 Å². The number of nitrogens with two attached hydrogens (primary N) is 1. The second-order valence-corrected chi connectivity index (χ2v) is 5.21. The highest BCUT2D eigenvalue weighted by atomic mass is 16.5. The third-order valence-corrected chi connectivity index (χ3v) is 3.44. The minimum Gasteiger partial charge on any atom is -0.451 e. The van der Waals surface area contributed by atoms with Gasteiger partial charge in [0, 0.05) is 16.6 Å². The number of ether oxygens (including phenoxy) is 1. The molecule has 0 aliphatic rings. The minimum absolute atomic E-state index is 0.0370. The van der Waals surface area contributed by atoms with E-state index in [1.807, 2.05) is 12.1 Å². The molecule has 7 heteroatoms. The van der Waals surface area contributed by atoms with Gasteiger partial charge in [0.1, 0.15) is 5.58 Å². The lowest BCUT2D eigenvalue weighted by molar-refractivity contribution is 0.0446. The van der Waals surface area contributed by atoms with Crippen LogP contribution < -0.4 is 11.1 Å². The molecule has 0 radical (unpaired) electrons. The van der Waals surface area contributed by atoms with Gasteiger partial charge in [-0.15, -0.1) is 0 Å². The molecule has 0 unspecified atom stereocenters. The number of hydrogen-bond donors (Lipinski definition) is 2. The Morgan fingerprint density at radius 2 is 1.76 bits per heavy atom. The lowest BCUT2D eigenvalue weighted by atomic mass is 10.1. The van der Waals surface area contributed by atoms with Crippen molar-refractivity contribution in [3.63, 3.8) is 0 Å². The predicted octanol–water partition coefficient (Wildman–Crippen LogP) is 2.96. The number of amides is 2. The summed E-state index contributed by atoms with van der Waals surface area (Å²) < 4.78 is 10.4. The van der Waals surface area contributed by atoms with Crippen molar-refractivity contribution in [1.29, 1.82) is 0 Å². The normalized spacial score (nSPS) is 10.4. The van der Waals surface area contributed by atoms with Crippen LogP contribution in [0.5, 0.6) is 0 Å². The van der Waals surface area contributed by atoms with Crippen molar-refractivity contribution < 1.29 is 23.5 Å². The van der Waals surface area contributed by atoms with Gasteiger partial charge >= 0.3 is 12.0 Å². The molecule has 1 heterocycles. The first-order valence-electron chi connectivity index (χ1n) is 7.38. The molecule has 0 bridgehead atoms. The molecule has 126 valence electrons. The van der Waals surface area contributed by atoms with Gasteiger partial charge in [-0.05, 0) is 36.4 Å². The molecule has 2 aromatic carbocycles. The first-order chi connectivity index (χ1) is 12.0. The zero-order chi connectivity index (χ0) is 17.8. The average molecular weight is 338 g/mol.